The van der Waals surface area contributed by atoms with Gasteiger partial charge in [-0.25, -0.2) is 15.0 Å². The zero-order valence-electron chi connectivity index (χ0n) is 26.0. The predicted octanol–water partition coefficient (Wildman–Crippen LogP) is 11.8. The van der Waals surface area contributed by atoms with Crippen molar-refractivity contribution >= 4 is 53.1 Å². The van der Waals surface area contributed by atoms with Crippen molar-refractivity contribution in [3.63, 3.8) is 0 Å². The molecule has 7 aromatic carbocycles. The van der Waals surface area contributed by atoms with Gasteiger partial charge in [-0.1, -0.05) is 115 Å². The molecule has 222 valence electrons. The van der Waals surface area contributed by atoms with Crippen molar-refractivity contribution in [3.05, 3.63) is 151 Å². The number of fused-ring (bicyclic) bond motifs is 6. The Morgan fingerprint density at radius 1 is 0.383 bits per heavy atom. The molecule has 0 aliphatic rings. The fourth-order valence-corrected chi connectivity index (χ4v) is 8.01. The summed E-state index contributed by atoms with van der Waals surface area (Å²) in [7, 11) is 0. The molecule has 0 saturated heterocycles. The molecule has 9 rings (SSSR count). The first kappa shape index (κ1) is 27.6. The van der Waals surface area contributed by atoms with Crippen LogP contribution in [0.1, 0.15) is 11.1 Å². The van der Waals surface area contributed by atoms with E-state index in [0.29, 0.717) is 17.5 Å². The molecule has 0 N–H and O–H groups in total. The van der Waals surface area contributed by atoms with Crippen molar-refractivity contribution in [3.8, 4) is 45.3 Å². The Hall–Kier alpha value is -5.71. The molecule has 0 atom stereocenters. The summed E-state index contributed by atoms with van der Waals surface area (Å²) in [6.45, 7) is 4.40. The Morgan fingerprint density at radius 2 is 0.936 bits per heavy atom. The number of hydrogen-bond donors (Lipinski definition) is 0. The van der Waals surface area contributed by atoms with Crippen LogP contribution in [0.3, 0.4) is 0 Å². The van der Waals surface area contributed by atoms with E-state index in [9.17, 15) is 0 Å². The highest BCUT2D eigenvalue weighted by Gasteiger charge is 2.15. The quantitative estimate of drug-likeness (QED) is 0.184. The van der Waals surface area contributed by atoms with Crippen LogP contribution in [-0.2, 0) is 0 Å². The molecule has 2 aromatic heterocycles. The van der Waals surface area contributed by atoms with Gasteiger partial charge in [0, 0.05) is 36.9 Å². The third-order valence-corrected chi connectivity index (χ3v) is 10.3. The number of aromatic nitrogens is 3. The lowest BCUT2D eigenvalue weighted by atomic mass is 9.95. The maximum Gasteiger partial charge on any atom is 0.164 e. The van der Waals surface area contributed by atoms with Crippen LogP contribution >= 0.6 is 11.3 Å². The molecular weight excluding hydrogens is 591 g/mol. The second-order valence-corrected chi connectivity index (χ2v) is 13.3. The summed E-state index contributed by atoms with van der Waals surface area (Å²) in [6, 6.07) is 49.5. The summed E-state index contributed by atoms with van der Waals surface area (Å²) in [5.74, 6) is 2.00. The molecule has 4 heteroatoms. The third kappa shape index (κ3) is 4.77. The molecular formula is C43H29N3S. The van der Waals surface area contributed by atoms with Gasteiger partial charge in [-0.05, 0) is 81.9 Å². The van der Waals surface area contributed by atoms with Gasteiger partial charge in [0.15, 0.2) is 17.5 Å². The molecule has 0 radical (unpaired) electrons. The number of thiophene rings is 1. The van der Waals surface area contributed by atoms with Gasteiger partial charge in [-0.3, -0.25) is 0 Å². The number of hydrogen-bond acceptors (Lipinski definition) is 4. The normalized spacial score (nSPS) is 11.6. The summed E-state index contributed by atoms with van der Waals surface area (Å²) in [4.78, 5) is 14.8. The fourth-order valence-electron chi connectivity index (χ4n) is 6.84. The third-order valence-electron chi connectivity index (χ3n) is 9.16. The first-order chi connectivity index (χ1) is 23.1. The van der Waals surface area contributed by atoms with Gasteiger partial charge >= 0.3 is 0 Å². The second-order valence-electron chi connectivity index (χ2n) is 12.2. The van der Waals surface area contributed by atoms with Gasteiger partial charge in [0.1, 0.15) is 0 Å². The maximum absolute atomic E-state index is 4.96. The van der Waals surface area contributed by atoms with E-state index in [0.717, 1.165) is 22.1 Å². The number of benzene rings is 7. The Labute approximate surface area is 276 Å². The molecule has 0 saturated carbocycles. The fraction of sp³-hybridized carbons (Fsp3) is 0.0465. The summed E-state index contributed by atoms with van der Waals surface area (Å²) < 4.78 is 2.63. The topological polar surface area (TPSA) is 38.7 Å². The summed E-state index contributed by atoms with van der Waals surface area (Å²) in [5, 5.41) is 7.50. The predicted molar refractivity (Wildman–Crippen MR) is 199 cm³/mol. The highest BCUT2D eigenvalue weighted by Crippen LogP contribution is 2.41. The number of nitrogens with zero attached hydrogens (tertiary/aromatic N) is 3. The SMILES string of the molecule is Cc1cccc(C)c1-c1ccc2c(c1)sc1cc3ccc4cc(-c5nc(-c6ccccc6)nc(-c6ccccc6)n5)ccc4c3cc12. The molecule has 47 heavy (non-hydrogen) atoms. The van der Waals surface area contributed by atoms with Crippen molar-refractivity contribution in [2.75, 3.05) is 0 Å². The molecule has 0 spiro atoms. The Balaban J connectivity index is 1.18. The molecule has 3 nitrogen and oxygen atoms in total. The molecule has 0 unspecified atom stereocenters. The van der Waals surface area contributed by atoms with Crippen molar-refractivity contribution in [2.24, 2.45) is 0 Å². The monoisotopic (exact) mass is 619 g/mol. The first-order valence-corrected chi connectivity index (χ1v) is 16.7. The van der Waals surface area contributed by atoms with Crippen LogP contribution in [0, 0.1) is 13.8 Å². The number of aryl methyl sites for hydroxylation is 2. The highest BCUT2D eigenvalue weighted by molar-refractivity contribution is 7.25. The molecule has 0 fully saturated rings. The molecule has 9 aromatic rings. The minimum absolute atomic E-state index is 0.665. The van der Waals surface area contributed by atoms with Crippen LogP contribution in [0.25, 0.3) is 87.0 Å². The van der Waals surface area contributed by atoms with Gasteiger partial charge in [0.25, 0.3) is 0 Å². The van der Waals surface area contributed by atoms with E-state index in [1.165, 1.54) is 58.6 Å². The molecule has 0 aliphatic carbocycles. The average Bonchev–Trinajstić information content (AvgIpc) is 3.47. The van der Waals surface area contributed by atoms with E-state index >= 15 is 0 Å². The zero-order chi connectivity index (χ0) is 31.5. The van der Waals surface area contributed by atoms with Crippen molar-refractivity contribution in [1.82, 2.24) is 15.0 Å². The molecule has 0 amide bonds. The van der Waals surface area contributed by atoms with E-state index < -0.39 is 0 Å². The Kier molecular flexibility index (Phi) is 6.44. The lowest BCUT2D eigenvalue weighted by molar-refractivity contribution is 1.07. The van der Waals surface area contributed by atoms with Crippen molar-refractivity contribution < 1.29 is 0 Å². The Morgan fingerprint density at radius 3 is 1.60 bits per heavy atom. The summed E-state index contributed by atoms with van der Waals surface area (Å²) in [5.41, 5.74) is 8.14. The molecule has 2 heterocycles. The van der Waals surface area contributed by atoms with Crippen LogP contribution in [-0.4, -0.2) is 15.0 Å². The van der Waals surface area contributed by atoms with Crippen molar-refractivity contribution in [1.29, 1.82) is 0 Å². The Bertz CT molecular complexity index is 2560. The van der Waals surface area contributed by atoms with E-state index in [4.69, 9.17) is 15.0 Å². The van der Waals surface area contributed by atoms with Crippen LogP contribution in [0.4, 0.5) is 0 Å². The van der Waals surface area contributed by atoms with Gasteiger partial charge in [-0.2, -0.15) is 0 Å². The van der Waals surface area contributed by atoms with Crippen molar-refractivity contribution in [2.45, 2.75) is 13.8 Å². The maximum atomic E-state index is 4.96. The largest absolute Gasteiger partial charge is 0.208 e. The van der Waals surface area contributed by atoms with Crippen LogP contribution in [0.2, 0.25) is 0 Å². The van der Waals surface area contributed by atoms with Crippen LogP contribution in [0.5, 0.6) is 0 Å². The van der Waals surface area contributed by atoms with E-state index in [-0.39, 0.29) is 0 Å². The minimum atomic E-state index is 0.665. The number of rotatable bonds is 4. The highest BCUT2D eigenvalue weighted by atomic mass is 32.1. The molecule has 0 aliphatic heterocycles. The summed E-state index contributed by atoms with van der Waals surface area (Å²) >= 11 is 1.88. The standard InChI is InChI=1S/C43H29N3S/c1-26-10-9-11-27(2)40(26)32-18-21-35-37-25-36-31(23-39(37)47-38(35)24-32)17-16-30-22-33(19-20-34(30)36)43-45-41(28-12-5-3-6-13-28)44-42(46-43)29-14-7-4-8-15-29/h3-25H,1-2H3. The van der Waals surface area contributed by atoms with Gasteiger partial charge in [0.2, 0.25) is 0 Å². The second kappa shape index (κ2) is 11.0. The average molecular weight is 620 g/mol. The smallest absolute Gasteiger partial charge is 0.164 e. The minimum Gasteiger partial charge on any atom is -0.208 e. The van der Waals surface area contributed by atoms with Gasteiger partial charge < -0.3 is 0 Å². The van der Waals surface area contributed by atoms with Gasteiger partial charge in [0.05, 0.1) is 0 Å². The lowest BCUT2D eigenvalue weighted by Gasteiger charge is -2.10. The first-order valence-electron chi connectivity index (χ1n) is 15.9. The van der Waals surface area contributed by atoms with Crippen LogP contribution < -0.4 is 0 Å². The van der Waals surface area contributed by atoms with Gasteiger partial charge in [-0.15, -0.1) is 11.3 Å². The zero-order valence-corrected chi connectivity index (χ0v) is 26.8. The molecule has 0 bridgehead atoms. The van der Waals surface area contributed by atoms with E-state index in [2.05, 4.69) is 92.7 Å². The van der Waals surface area contributed by atoms with E-state index in [1.807, 2.05) is 72.0 Å². The lowest BCUT2D eigenvalue weighted by Crippen LogP contribution is -2.00. The summed E-state index contributed by atoms with van der Waals surface area (Å²) in [6.07, 6.45) is 0. The van der Waals surface area contributed by atoms with Crippen LogP contribution in [0.15, 0.2) is 140 Å². The van der Waals surface area contributed by atoms with E-state index in [1.54, 1.807) is 0 Å².